The van der Waals surface area contributed by atoms with E-state index in [2.05, 4.69) is 15.7 Å². The van der Waals surface area contributed by atoms with Gasteiger partial charge in [-0.25, -0.2) is 13.6 Å². The topological polar surface area (TPSA) is 96.3 Å². The first-order valence-electron chi connectivity index (χ1n) is 8.53. The Morgan fingerprint density at radius 2 is 2.11 bits per heavy atom. The number of hydrogen-bond donors (Lipinski definition) is 3. The lowest BCUT2D eigenvalue weighted by Crippen LogP contribution is -2.31. The molecule has 27 heavy (non-hydrogen) atoms. The van der Waals surface area contributed by atoms with Gasteiger partial charge in [0, 0.05) is 12.6 Å². The highest BCUT2D eigenvalue weighted by Crippen LogP contribution is 2.33. The maximum Gasteiger partial charge on any atom is 0.405 e. The molecule has 1 aliphatic heterocycles. The molecule has 0 radical (unpaired) electrons. The van der Waals surface area contributed by atoms with E-state index in [1.807, 2.05) is 0 Å². The first kappa shape index (κ1) is 18.8. The Hall–Kier alpha value is -2.97. The molecule has 1 aromatic heterocycles. The number of aromatic nitrogens is 2. The van der Waals surface area contributed by atoms with Crippen molar-refractivity contribution < 1.29 is 23.5 Å². The lowest BCUT2D eigenvalue weighted by atomic mass is 9.93. The van der Waals surface area contributed by atoms with Gasteiger partial charge in [-0.1, -0.05) is 6.92 Å². The number of hydrogen-bond acceptors (Lipinski definition) is 3. The zero-order valence-corrected chi connectivity index (χ0v) is 14.9. The van der Waals surface area contributed by atoms with Gasteiger partial charge in [0.1, 0.15) is 12.0 Å². The quantitative estimate of drug-likeness (QED) is 0.710. The molecular weight excluding hydrogens is 358 g/mol. The van der Waals surface area contributed by atoms with E-state index in [4.69, 9.17) is 5.11 Å². The Morgan fingerprint density at radius 1 is 1.37 bits per heavy atom. The zero-order valence-electron chi connectivity index (χ0n) is 14.9. The van der Waals surface area contributed by atoms with Crippen LogP contribution < -0.4 is 10.6 Å². The van der Waals surface area contributed by atoms with Crippen molar-refractivity contribution in [1.29, 1.82) is 0 Å². The highest BCUT2D eigenvalue weighted by Gasteiger charge is 2.28. The van der Waals surface area contributed by atoms with Crippen LogP contribution in [0, 0.1) is 11.7 Å². The van der Waals surface area contributed by atoms with Crippen molar-refractivity contribution in [3.8, 4) is 11.3 Å². The van der Waals surface area contributed by atoms with Crippen LogP contribution in [0.25, 0.3) is 11.3 Å². The van der Waals surface area contributed by atoms with Gasteiger partial charge >= 0.3 is 6.09 Å². The van der Waals surface area contributed by atoms with Gasteiger partial charge in [-0.05, 0) is 36.6 Å². The Labute approximate surface area is 154 Å². The molecule has 1 aromatic carbocycles. The summed E-state index contributed by atoms with van der Waals surface area (Å²) in [6, 6.07) is 3.32. The molecule has 1 aliphatic rings. The normalized spacial score (nSPS) is 22.8. The molecule has 0 fully saturated rings. The number of nitrogens with one attached hydrogen (secondary N) is 2. The van der Waals surface area contributed by atoms with Crippen molar-refractivity contribution in [3.63, 3.8) is 0 Å². The molecule has 0 aliphatic carbocycles. The van der Waals surface area contributed by atoms with E-state index in [9.17, 15) is 18.4 Å². The third kappa shape index (κ3) is 3.91. The fourth-order valence-electron chi connectivity index (χ4n) is 3.28. The molecule has 1 unspecified atom stereocenters. The number of aryl methyl sites for hydroxylation is 1. The number of nitrogens with zero attached hydrogens (tertiary/aromatic N) is 2. The van der Waals surface area contributed by atoms with Gasteiger partial charge in [-0.3, -0.25) is 9.48 Å². The Bertz CT molecular complexity index is 883. The second kappa shape index (κ2) is 7.34. The maximum absolute atomic E-state index is 14.5. The fraction of sp³-hybridized carbons (Fsp3) is 0.389. The van der Waals surface area contributed by atoms with Gasteiger partial charge in [0.05, 0.1) is 29.5 Å². The minimum Gasteiger partial charge on any atom is -0.465 e. The van der Waals surface area contributed by atoms with E-state index in [-0.39, 0.29) is 12.8 Å². The van der Waals surface area contributed by atoms with Crippen molar-refractivity contribution in [2.45, 2.75) is 32.0 Å². The molecule has 0 saturated heterocycles. The van der Waals surface area contributed by atoms with Crippen LogP contribution in [-0.2, 0) is 11.8 Å². The van der Waals surface area contributed by atoms with Crippen molar-refractivity contribution >= 4 is 17.7 Å². The highest BCUT2D eigenvalue weighted by atomic mass is 19.1. The standard InChI is InChI=1S/C18H20F2N4O3/c1-9-13(20)3-4-14(23-18(26)27)10-5-11(7-12(19)6-10)16-15(22-17(9)25)8-21-24(16)2/h5-9,13-14,23H,3-4H2,1-2H3,(H,22,25)(H,26,27)/t9-,13?,14+/m1/s1. The molecule has 2 bridgehead atoms. The number of benzene rings is 1. The molecule has 3 rings (SSSR count). The Kier molecular flexibility index (Phi) is 5.11. The number of carbonyl (C=O) groups is 2. The summed E-state index contributed by atoms with van der Waals surface area (Å²) in [6.07, 6.45) is -1.32. The summed E-state index contributed by atoms with van der Waals surface area (Å²) in [5, 5.41) is 18.2. The number of fused-ring (bicyclic) bond motifs is 4. The van der Waals surface area contributed by atoms with E-state index < -0.39 is 35.9 Å². The van der Waals surface area contributed by atoms with Crippen LogP contribution in [0.1, 0.15) is 31.4 Å². The van der Waals surface area contributed by atoms with Gasteiger partial charge in [-0.15, -0.1) is 0 Å². The third-order valence-electron chi connectivity index (χ3n) is 4.78. The number of halogens is 2. The Morgan fingerprint density at radius 3 is 2.81 bits per heavy atom. The maximum atomic E-state index is 14.5. The number of rotatable bonds is 1. The number of carbonyl (C=O) groups excluding carboxylic acids is 1. The second-order valence-corrected chi connectivity index (χ2v) is 6.68. The number of carboxylic acid groups (broad SMARTS) is 1. The van der Waals surface area contributed by atoms with Gasteiger partial charge in [-0.2, -0.15) is 5.10 Å². The average Bonchev–Trinajstić information content (AvgIpc) is 2.96. The summed E-state index contributed by atoms with van der Waals surface area (Å²) in [7, 11) is 1.63. The summed E-state index contributed by atoms with van der Waals surface area (Å²) in [6.45, 7) is 1.47. The van der Waals surface area contributed by atoms with Gasteiger partial charge in [0.25, 0.3) is 0 Å². The van der Waals surface area contributed by atoms with Crippen molar-refractivity contribution in [2.24, 2.45) is 13.0 Å². The lowest BCUT2D eigenvalue weighted by Gasteiger charge is -2.23. The van der Waals surface area contributed by atoms with E-state index in [0.29, 0.717) is 22.5 Å². The third-order valence-corrected chi connectivity index (χ3v) is 4.78. The second-order valence-electron chi connectivity index (χ2n) is 6.68. The van der Waals surface area contributed by atoms with Crippen LogP contribution in [-0.4, -0.2) is 33.1 Å². The monoisotopic (exact) mass is 378 g/mol. The van der Waals surface area contributed by atoms with E-state index in [1.54, 1.807) is 13.1 Å². The number of alkyl halides is 1. The Balaban J connectivity index is 2.16. The zero-order chi connectivity index (χ0) is 19.7. The minimum atomic E-state index is -1.48. The van der Waals surface area contributed by atoms with Crippen molar-refractivity contribution in [1.82, 2.24) is 15.1 Å². The fourth-order valence-corrected chi connectivity index (χ4v) is 3.28. The van der Waals surface area contributed by atoms with Crippen LogP contribution in [0.15, 0.2) is 24.4 Å². The molecule has 3 N–H and O–H groups in total. The van der Waals surface area contributed by atoms with Gasteiger partial charge in [0.15, 0.2) is 0 Å². The molecule has 7 nitrogen and oxygen atoms in total. The molecular formula is C18H20F2N4O3. The molecule has 2 aromatic rings. The van der Waals surface area contributed by atoms with Crippen LogP contribution in [0.2, 0.25) is 0 Å². The van der Waals surface area contributed by atoms with Crippen molar-refractivity contribution in [3.05, 3.63) is 35.8 Å². The van der Waals surface area contributed by atoms with Crippen LogP contribution >= 0.6 is 0 Å². The molecule has 144 valence electrons. The molecule has 2 heterocycles. The number of amides is 2. The predicted octanol–water partition coefficient (Wildman–Crippen LogP) is 3.24. The van der Waals surface area contributed by atoms with E-state index >= 15 is 0 Å². The van der Waals surface area contributed by atoms with Crippen molar-refractivity contribution in [2.75, 3.05) is 5.32 Å². The smallest absolute Gasteiger partial charge is 0.405 e. The van der Waals surface area contributed by atoms with Gasteiger partial charge in [0.2, 0.25) is 5.91 Å². The molecule has 0 spiro atoms. The van der Waals surface area contributed by atoms with Gasteiger partial charge < -0.3 is 15.7 Å². The molecule has 0 saturated carbocycles. The molecule has 9 heteroatoms. The summed E-state index contributed by atoms with van der Waals surface area (Å²) >= 11 is 0. The van der Waals surface area contributed by atoms with Crippen LogP contribution in [0.5, 0.6) is 0 Å². The number of anilines is 1. The van der Waals surface area contributed by atoms with E-state index in [1.165, 1.54) is 29.9 Å². The highest BCUT2D eigenvalue weighted by molar-refractivity contribution is 5.96. The first-order valence-corrected chi connectivity index (χ1v) is 8.53. The molecule has 2 amide bonds. The first-order chi connectivity index (χ1) is 12.8. The largest absolute Gasteiger partial charge is 0.465 e. The SMILES string of the molecule is C[C@H]1C(=O)Nc2cnn(C)c2-c2cc(F)cc(c2)[C@@H](NC(=O)O)CCC1F. The summed E-state index contributed by atoms with van der Waals surface area (Å²) in [5.41, 5.74) is 1.59. The molecule has 3 atom stereocenters. The summed E-state index contributed by atoms with van der Waals surface area (Å²) in [5.74, 6) is -2.02. The average molecular weight is 378 g/mol. The summed E-state index contributed by atoms with van der Waals surface area (Å²) in [4.78, 5) is 23.5. The predicted molar refractivity (Wildman–Crippen MR) is 94.4 cm³/mol. The summed E-state index contributed by atoms with van der Waals surface area (Å²) < 4.78 is 30.3. The van der Waals surface area contributed by atoms with Crippen LogP contribution in [0.4, 0.5) is 19.3 Å². The minimum absolute atomic E-state index is 0.0503. The van der Waals surface area contributed by atoms with E-state index in [0.717, 1.165) is 0 Å². The lowest BCUT2D eigenvalue weighted by molar-refractivity contribution is -0.121. The van der Waals surface area contributed by atoms with Crippen LogP contribution in [0.3, 0.4) is 0 Å².